The molecule has 0 radical (unpaired) electrons. The van der Waals surface area contributed by atoms with Crippen LogP contribution in [0.1, 0.15) is 53.1 Å². The highest BCUT2D eigenvalue weighted by Gasteiger charge is 2.40. The first-order chi connectivity index (χ1) is 15.6. The predicted octanol–water partition coefficient (Wildman–Crippen LogP) is 7.93. The van der Waals surface area contributed by atoms with Gasteiger partial charge in [-0.25, -0.2) is 0 Å². The summed E-state index contributed by atoms with van der Waals surface area (Å²) in [5.74, 6) is 0.303. The molecule has 2 aromatic rings. The van der Waals surface area contributed by atoms with E-state index in [1.165, 1.54) is 0 Å². The molecule has 34 heavy (non-hydrogen) atoms. The molecular weight excluding hydrogens is 543 g/mol. The first kappa shape index (κ1) is 25.2. The Labute approximate surface area is 197 Å². The summed E-state index contributed by atoms with van der Waals surface area (Å²) in [5.41, 5.74) is -3.37. The molecule has 0 aromatic heterocycles. The monoisotopic (exact) mass is 560 g/mol. The second-order valence-corrected chi connectivity index (χ2v) is 9.45. The second-order valence-electron chi connectivity index (χ2n) is 8.59. The Balaban J connectivity index is 1.67. The molecule has 1 aliphatic heterocycles. The van der Waals surface area contributed by atoms with Crippen molar-refractivity contribution in [2.45, 2.75) is 56.4 Å². The van der Waals surface area contributed by atoms with Gasteiger partial charge in [0.05, 0.1) is 22.4 Å². The van der Waals surface area contributed by atoms with Crippen molar-refractivity contribution in [1.29, 1.82) is 0 Å². The van der Waals surface area contributed by atoms with Crippen LogP contribution in [-0.4, -0.2) is 6.04 Å². The fraction of sp³-hybridized carbons (Fsp3) is 0.455. The van der Waals surface area contributed by atoms with Crippen LogP contribution in [0.5, 0.6) is 0 Å². The van der Waals surface area contributed by atoms with Gasteiger partial charge in [0, 0.05) is 23.1 Å². The summed E-state index contributed by atoms with van der Waals surface area (Å²) in [4.78, 5) is 0. The highest BCUT2D eigenvalue weighted by atomic mass is 79.9. The summed E-state index contributed by atoms with van der Waals surface area (Å²) in [6.07, 6.45) is -12.4. The minimum absolute atomic E-state index is 0.0408. The Hall–Kier alpha value is -1.95. The van der Waals surface area contributed by atoms with Crippen molar-refractivity contribution in [2.75, 3.05) is 5.32 Å². The molecule has 1 fully saturated rings. The molecule has 2 atom stereocenters. The third-order valence-electron chi connectivity index (χ3n) is 6.03. The van der Waals surface area contributed by atoms with Crippen LogP contribution in [0.25, 0.3) is 0 Å². The first-order valence-electron chi connectivity index (χ1n) is 10.3. The van der Waals surface area contributed by atoms with Crippen molar-refractivity contribution < 1.29 is 39.5 Å². The number of fused-ring (bicyclic) bond motifs is 1. The summed E-state index contributed by atoms with van der Waals surface area (Å²) in [6, 6.07) is 2.39. The topological polar surface area (TPSA) is 24.1 Å². The zero-order chi connectivity index (χ0) is 25.1. The molecule has 4 rings (SSSR count). The maximum Gasteiger partial charge on any atom is 0.416 e. The third kappa shape index (κ3) is 5.48. The number of nitrogens with one attached hydrogen (secondary N) is 2. The standard InChI is InChI=1S/C22H18BrF9N2/c23-16-7-14(22(30,31)32)6-15-18(8-17(11-1-2-11)34-19(15)16)33-9-10-3-12(20(24,25)26)5-13(4-10)21(27,28)29/h3-7,11,17-18,33-34H,1-2,8-9H2/t17-,18-/m0/s1. The van der Waals surface area contributed by atoms with Crippen molar-refractivity contribution in [3.05, 3.63) is 62.6 Å². The minimum Gasteiger partial charge on any atom is -0.381 e. The first-order valence-corrected chi connectivity index (χ1v) is 11.1. The molecule has 2 nitrogen and oxygen atoms in total. The van der Waals surface area contributed by atoms with E-state index in [0.717, 1.165) is 25.0 Å². The molecule has 0 spiro atoms. The van der Waals surface area contributed by atoms with E-state index in [0.29, 0.717) is 30.2 Å². The summed E-state index contributed by atoms with van der Waals surface area (Å²) in [7, 11) is 0. The van der Waals surface area contributed by atoms with Crippen LogP contribution in [0.15, 0.2) is 34.8 Å². The highest BCUT2D eigenvalue weighted by Crippen LogP contribution is 2.47. The molecule has 2 N–H and O–H groups in total. The zero-order valence-electron chi connectivity index (χ0n) is 17.2. The van der Waals surface area contributed by atoms with E-state index in [2.05, 4.69) is 26.6 Å². The Morgan fingerprint density at radius 3 is 1.82 bits per heavy atom. The van der Waals surface area contributed by atoms with Crippen molar-refractivity contribution >= 4 is 21.6 Å². The van der Waals surface area contributed by atoms with Gasteiger partial charge in [0.1, 0.15) is 0 Å². The van der Waals surface area contributed by atoms with Gasteiger partial charge in [-0.05, 0) is 82.6 Å². The maximum atomic E-state index is 13.4. The van der Waals surface area contributed by atoms with Crippen LogP contribution in [0.4, 0.5) is 45.2 Å². The van der Waals surface area contributed by atoms with Crippen molar-refractivity contribution in [3.8, 4) is 0 Å². The maximum absolute atomic E-state index is 13.4. The van der Waals surface area contributed by atoms with E-state index in [1.54, 1.807) is 0 Å². The number of hydrogen-bond donors (Lipinski definition) is 2. The molecular formula is C22H18BrF9N2. The van der Waals surface area contributed by atoms with Gasteiger partial charge in [-0.2, -0.15) is 39.5 Å². The van der Waals surface area contributed by atoms with E-state index in [4.69, 9.17) is 0 Å². The molecule has 2 aromatic carbocycles. The third-order valence-corrected chi connectivity index (χ3v) is 6.66. The SMILES string of the molecule is FC(F)(F)c1cc(CN[C@H]2C[C@@H](C3CC3)Nc3c(Br)cc(C(F)(F)F)cc32)cc(C(F)(F)F)c1. The molecule has 1 heterocycles. The van der Waals surface area contributed by atoms with Gasteiger partial charge in [-0.15, -0.1) is 0 Å². The highest BCUT2D eigenvalue weighted by molar-refractivity contribution is 9.10. The lowest BCUT2D eigenvalue weighted by Crippen LogP contribution is -2.36. The van der Waals surface area contributed by atoms with Crippen LogP contribution in [0.2, 0.25) is 0 Å². The number of halogens is 10. The number of benzene rings is 2. The Kier molecular flexibility index (Phi) is 6.37. The molecule has 0 bridgehead atoms. The lowest BCUT2D eigenvalue weighted by molar-refractivity contribution is -0.143. The van der Waals surface area contributed by atoms with Crippen LogP contribution in [0, 0.1) is 5.92 Å². The number of rotatable bonds is 4. The zero-order valence-corrected chi connectivity index (χ0v) is 18.8. The summed E-state index contributed by atoms with van der Waals surface area (Å²) in [6.45, 7) is -0.387. The van der Waals surface area contributed by atoms with Crippen LogP contribution in [-0.2, 0) is 25.1 Å². The fourth-order valence-corrected chi connectivity index (χ4v) is 4.80. The van der Waals surface area contributed by atoms with Gasteiger partial charge in [0.25, 0.3) is 0 Å². The molecule has 2 aliphatic rings. The van der Waals surface area contributed by atoms with Crippen molar-refractivity contribution in [2.24, 2.45) is 5.92 Å². The molecule has 186 valence electrons. The van der Waals surface area contributed by atoms with E-state index < -0.39 is 41.3 Å². The Bertz CT molecular complexity index is 1040. The van der Waals surface area contributed by atoms with Crippen molar-refractivity contribution in [3.63, 3.8) is 0 Å². The van der Waals surface area contributed by atoms with Gasteiger partial charge >= 0.3 is 18.5 Å². The number of hydrogen-bond acceptors (Lipinski definition) is 2. The van der Waals surface area contributed by atoms with Crippen LogP contribution in [0.3, 0.4) is 0 Å². The smallest absolute Gasteiger partial charge is 0.381 e. The molecule has 0 unspecified atom stereocenters. The normalized spacial score (nSPS) is 21.2. The van der Waals surface area contributed by atoms with E-state index in [-0.39, 0.29) is 34.3 Å². The fourth-order valence-electron chi connectivity index (χ4n) is 4.21. The van der Waals surface area contributed by atoms with Gasteiger partial charge in [0.15, 0.2) is 0 Å². The lowest BCUT2D eigenvalue weighted by atomic mass is 9.89. The quantitative estimate of drug-likeness (QED) is 0.371. The summed E-state index contributed by atoms with van der Waals surface area (Å²) in [5, 5.41) is 6.15. The second kappa shape index (κ2) is 8.61. The van der Waals surface area contributed by atoms with Gasteiger partial charge in [-0.1, -0.05) is 0 Å². The minimum atomic E-state index is -4.99. The molecule has 0 saturated heterocycles. The van der Waals surface area contributed by atoms with Gasteiger partial charge in [-0.3, -0.25) is 0 Å². The average molecular weight is 561 g/mol. The van der Waals surface area contributed by atoms with Crippen LogP contribution < -0.4 is 10.6 Å². The predicted molar refractivity (Wildman–Crippen MR) is 110 cm³/mol. The van der Waals surface area contributed by atoms with Crippen molar-refractivity contribution in [1.82, 2.24) is 5.32 Å². The van der Waals surface area contributed by atoms with E-state index in [1.807, 2.05) is 0 Å². The molecule has 12 heteroatoms. The van der Waals surface area contributed by atoms with Gasteiger partial charge in [0.2, 0.25) is 0 Å². The Morgan fingerprint density at radius 2 is 1.32 bits per heavy atom. The molecule has 1 saturated carbocycles. The molecule has 1 aliphatic carbocycles. The lowest BCUT2D eigenvalue weighted by Gasteiger charge is -2.35. The Morgan fingerprint density at radius 1 is 0.794 bits per heavy atom. The van der Waals surface area contributed by atoms with Crippen LogP contribution >= 0.6 is 15.9 Å². The molecule has 0 amide bonds. The van der Waals surface area contributed by atoms with E-state index in [9.17, 15) is 39.5 Å². The number of alkyl halides is 9. The summed E-state index contributed by atoms with van der Waals surface area (Å²) < 4.78 is 119. The summed E-state index contributed by atoms with van der Waals surface area (Å²) >= 11 is 3.17. The largest absolute Gasteiger partial charge is 0.416 e. The number of anilines is 1. The van der Waals surface area contributed by atoms with E-state index >= 15 is 0 Å². The average Bonchev–Trinajstić information content (AvgIpc) is 3.55. The van der Waals surface area contributed by atoms with Gasteiger partial charge < -0.3 is 10.6 Å².